The number of allylic oxidation sites excluding steroid dienone is 2. The molecule has 1 fully saturated rings. The first-order valence-corrected chi connectivity index (χ1v) is 13.2. The molecule has 1 unspecified atom stereocenters. The fourth-order valence-electron chi connectivity index (χ4n) is 4.87. The van der Waals surface area contributed by atoms with Crippen molar-refractivity contribution in [1.29, 1.82) is 0 Å². The molecule has 2 nitrogen and oxygen atoms in total. The molecule has 1 atom stereocenters. The molecule has 1 aromatic rings. The van der Waals surface area contributed by atoms with E-state index >= 15 is 0 Å². The van der Waals surface area contributed by atoms with Crippen LogP contribution in [0.25, 0.3) is 0 Å². The molecule has 0 bridgehead atoms. The van der Waals surface area contributed by atoms with Crippen LogP contribution in [0, 0.1) is 0 Å². The van der Waals surface area contributed by atoms with Crippen molar-refractivity contribution in [2.45, 2.75) is 90.4 Å². The first kappa shape index (κ1) is 31.1. The van der Waals surface area contributed by atoms with Crippen LogP contribution < -0.4 is 5.73 Å². The standard InChI is InChI=1S/C28H41N.C2H6.CH5N/c1-6-11-22-29(10-5)23-19-27(24(8-3)14-7-2)25-15-17-26(18-16-25)28(9-4)20-12-13-21-28;2*1-2/h6,9,15-18,27H,1,3-4,7,10-14,19-23H2,2,5H3;1-2H3;2H2,1H3. The lowest BCUT2D eigenvalue weighted by Crippen LogP contribution is -2.27. The average Bonchev–Trinajstić information content (AvgIpc) is 3.38. The van der Waals surface area contributed by atoms with Gasteiger partial charge in [0.15, 0.2) is 0 Å². The maximum absolute atomic E-state index is 4.50. The van der Waals surface area contributed by atoms with Crippen molar-refractivity contribution < 1.29 is 0 Å². The highest BCUT2D eigenvalue weighted by molar-refractivity contribution is 5.37. The summed E-state index contributed by atoms with van der Waals surface area (Å²) in [6.45, 7) is 23.8. The number of hydrogen-bond acceptors (Lipinski definition) is 2. The molecule has 2 heteroatoms. The van der Waals surface area contributed by atoms with Gasteiger partial charge < -0.3 is 10.6 Å². The Morgan fingerprint density at radius 3 is 2.15 bits per heavy atom. The average molecular weight is 453 g/mol. The summed E-state index contributed by atoms with van der Waals surface area (Å²) in [4.78, 5) is 2.53. The van der Waals surface area contributed by atoms with Gasteiger partial charge in [-0.2, -0.15) is 0 Å². The molecular formula is C31H52N2. The number of nitrogens with zero attached hydrogens (tertiary/aromatic N) is 1. The highest BCUT2D eigenvalue weighted by atomic mass is 15.1. The summed E-state index contributed by atoms with van der Waals surface area (Å²) in [6, 6.07) is 9.43. The van der Waals surface area contributed by atoms with E-state index in [1.54, 1.807) is 0 Å². The fourth-order valence-corrected chi connectivity index (χ4v) is 4.87. The Bertz CT molecular complexity index is 688. The second kappa shape index (κ2) is 18.6. The molecule has 2 rings (SSSR count). The lowest BCUT2D eigenvalue weighted by atomic mass is 9.77. The van der Waals surface area contributed by atoms with Crippen LogP contribution >= 0.6 is 0 Å². The molecular weight excluding hydrogens is 400 g/mol. The minimum Gasteiger partial charge on any atom is -0.333 e. The van der Waals surface area contributed by atoms with Gasteiger partial charge in [-0.05, 0) is 68.9 Å². The van der Waals surface area contributed by atoms with E-state index in [0.29, 0.717) is 5.92 Å². The molecule has 1 aliphatic carbocycles. The number of hydrogen-bond donors (Lipinski definition) is 1. The monoisotopic (exact) mass is 452 g/mol. The maximum Gasteiger partial charge on any atom is 0.0136 e. The molecule has 0 amide bonds. The SMILES string of the molecule is C=C=C(CCC)C(CCN(CC)CCC=C)c1ccc(C2(C=C)CCCC2)cc1.CC.CN. The van der Waals surface area contributed by atoms with Gasteiger partial charge in [0.2, 0.25) is 0 Å². The van der Waals surface area contributed by atoms with Crippen molar-refractivity contribution >= 4 is 0 Å². The van der Waals surface area contributed by atoms with E-state index in [0.717, 1.165) is 45.3 Å². The van der Waals surface area contributed by atoms with E-state index in [-0.39, 0.29) is 5.41 Å². The maximum atomic E-state index is 4.50. The molecule has 2 N–H and O–H groups in total. The van der Waals surface area contributed by atoms with E-state index in [9.17, 15) is 0 Å². The van der Waals surface area contributed by atoms with Crippen LogP contribution in [0.2, 0.25) is 0 Å². The number of nitrogens with two attached hydrogens (primary N) is 1. The van der Waals surface area contributed by atoms with E-state index < -0.39 is 0 Å². The van der Waals surface area contributed by atoms with Crippen LogP contribution in [-0.2, 0) is 5.41 Å². The highest BCUT2D eigenvalue weighted by Gasteiger charge is 2.32. The zero-order valence-corrected chi connectivity index (χ0v) is 22.5. The zero-order chi connectivity index (χ0) is 25.1. The van der Waals surface area contributed by atoms with Crippen molar-refractivity contribution in [2.24, 2.45) is 5.73 Å². The predicted molar refractivity (Wildman–Crippen MR) is 150 cm³/mol. The van der Waals surface area contributed by atoms with E-state index in [2.05, 4.69) is 80.3 Å². The van der Waals surface area contributed by atoms with Gasteiger partial charge in [0, 0.05) is 17.9 Å². The molecule has 1 saturated carbocycles. The van der Waals surface area contributed by atoms with Crippen LogP contribution in [0.1, 0.15) is 96.1 Å². The van der Waals surface area contributed by atoms with Crippen LogP contribution in [0.5, 0.6) is 0 Å². The van der Waals surface area contributed by atoms with E-state index in [1.807, 2.05) is 19.9 Å². The smallest absolute Gasteiger partial charge is 0.0136 e. The number of benzene rings is 1. The van der Waals surface area contributed by atoms with Gasteiger partial charge in [0.25, 0.3) is 0 Å². The summed E-state index contributed by atoms with van der Waals surface area (Å²) in [5.74, 6) is 0.405. The third-order valence-electron chi connectivity index (χ3n) is 6.77. The molecule has 1 aromatic carbocycles. The van der Waals surface area contributed by atoms with Crippen molar-refractivity contribution in [3.63, 3.8) is 0 Å². The minimum atomic E-state index is 0.193. The Hall–Kier alpha value is -1.86. The van der Waals surface area contributed by atoms with Crippen LogP contribution in [0.3, 0.4) is 0 Å². The lowest BCUT2D eigenvalue weighted by Gasteiger charge is -2.28. The Labute approximate surface area is 206 Å². The Morgan fingerprint density at radius 2 is 1.70 bits per heavy atom. The summed E-state index contributed by atoms with van der Waals surface area (Å²) in [7, 11) is 1.50. The van der Waals surface area contributed by atoms with Gasteiger partial charge in [-0.1, -0.05) is 90.0 Å². The van der Waals surface area contributed by atoms with Crippen LogP contribution in [-0.4, -0.2) is 31.6 Å². The van der Waals surface area contributed by atoms with Gasteiger partial charge in [-0.15, -0.1) is 18.9 Å². The molecule has 0 saturated heterocycles. The molecule has 0 heterocycles. The van der Waals surface area contributed by atoms with Crippen molar-refractivity contribution in [1.82, 2.24) is 4.90 Å². The van der Waals surface area contributed by atoms with Crippen LogP contribution in [0.15, 0.2) is 67.5 Å². The molecule has 186 valence electrons. The molecule has 0 aliphatic heterocycles. The third kappa shape index (κ3) is 9.49. The third-order valence-corrected chi connectivity index (χ3v) is 6.77. The number of rotatable bonds is 13. The second-order valence-electron chi connectivity index (χ2n) is 8.49. The van der Waals surface area contributed by atoms with Gasteiger partial charge in [0.1, 0.15) is 0 Å². The predicted octanol–water partition coefficient (Wildman–Crippen LogP) is 8.17. The zero-order valence-electron chi connectivity index (χ0n) is 22.5. The molecule has 0 aromatic heterocycles. The first-order chi connectivity index (χ1) is 16.1. The molecule has 33 heavy (non-hydrogen) atoms. The summed E-state index contributed by atoms with van der Waals surface area (Å²) in [5.41, 5.74) is 12.2. The molecule has 1 aliphatic rings. The summed E-state index contributed by atoms with van der Waals surface area (Å²) in [6.07, 6.45) is 13.7. The van der Waals surface area contributed by atoms with Gasteiger partial charge in [-0.3, -0.25) is 0 Å². The summed E-state index contributed by atoms with van der Waals surface area (Å²) in [5, 5.41) is 0. The van der Waals surface area contributed by atoms with Gasteiger partial charge in [-0.25, -0.2) is 0 Å². The summed E-state index contributed by atoms with van der Waals surface area (Å²) >= 11 is 0. The normalized spacial score (nSPS) is 14.8. The van der Waals surface area contributed by atoms with Crippen molar-refractivity contribution in [3.8, 4) is 0 Å². The first-order valence-electron chi connectivity index (χ1n) is 13.2. The second-order valence-corrected chi connectivity index (χ2v) is 8.49. The Morgan fingerprint density at radius 1 is 1.09 bits per heavy atom. The Balaban J connectivity index is 0.00000242. The van der Waals surface area contributed by atoms with Crippen molar-refractivity contribution in [2.75, 3.05) is 26.7 Å². The van der Waals surface area contributed by atoms with Gasteiger partial charge >= 0.3 is 0 Å². The Kier molecular flexibility index (Phi) is 17.5. The topological polar surface area (TPSA) is 29.3 Å². The van der Waals surface area contributed by atoms with Crippen molar-refractivity contribution in [3.05, 3.63) is 78.6 Å². The minimum absolute atomic E-state index is 0.193. The van der Waals surface area contributed by atoms with Gasteiger partial charge in [0.05, 0.1) is 0 Å². The van der Waals surface area contributed by atoms with Crippen LogP contribution in [0.4, 0.5) is 0 Å². The molecule has 0 spiro atoms. The fraction of sp³-hybridized carbons (Fsp3) is 0.581. The highest BCUT2D eigenvalue weighted by Crippen LogP contribution is 2.42. The largest absolute Gasteiger partial charge is 0.333 e. The summed E-state index contributed by atoms with van der Waals surface area (Å²) < 4.78 is 0. The lowest BCUT2D eigenvalue weighted by molar-refractivity contribution is 0.284. The van der Waals surface area contributed by atoms with E-state index in [4.69, 9.17) is 0 Å². The quantitative estimate of drug-likeness (QED) is 0.241. The van der Waals surface area contributed by atoms with E-state index in [1.165, 1.54) is 49.4 Å². The molecule has 0 radical (unpaired) electrons.